The molecule has 0 aliphatic heterocycles. The minimum atomic E-state index is -3.88. The Kier molecular flexibility index (Phi) is 9.71. The third-order valence-corrected chi connectivity index (χ3v) is 16.4. The molecule has 8 aromatic rings. The van der Waals surface area contributed by atoms with E-state index in [2.05, 4.69) is 127 Å². The van der Waals surface area contributed by atoms with Crippen molar-refractivity contribution in [2.45, 2.75) is 0 Å². The molecule has 4 heteroatoms. The summed E-state index contributed by atoms with van der Waals surface area (Å²) in [5, 5.41) is 36.7. The van der Waals surface area contributed by atoms with E-state index >= 15 is 0 Å². The molecule has 0 aromatic heterocycles. The molecule has 0 aliphatic carbocycles. The summed E-state index contributed by atoms with van der Waals surface area (Å²) in [6, 6.07) is 73.6. The topological polar surface area (TPSA) is 60.7 Å². The van der Waals surface area contributed by atoms with Gasteiger partial charge in [-0.05, 0) is 12.1 Å². The van der Waals surface area contributed by atoms with Gasteiger partial charge in [0.25, 0.3) is 0 Å². The first-order valence-corrected chi connectivity index (χ1v) is 19.5. The molecule has 0 atom stereocenters. The summed E-state index contributed by atoms with van der Waals surface area (Å²) < 4.78 is 0. The first kappa shape index (κ1) is 34.1. The predicted molar refractivity (Wildman–Crippen MR) is 220 cm³/mol. The van der Waals surface area contributed by atoms with Crippen molar-refractivity contribution in [3.8, 4) is 39.5 Å². The van der Waals surface area contributed by atoms with Crippen molar-refractivity contribution < 1.29 is 15.3 Å². The van der Waals surface area contributed by atoms with Crippen molar-refractivity contribution in [1.29, 1.82) is 0 Å². The normalized spacial score (nSPS) is 11.7. The van der Waals surface area contributed by atoms with E-state index in [9.17, 15) is 10.2 Å². The Morgan fingerprint density at radius 3 is 0.962 bits per heavy atom. The SMILES string of the molecule is Oc1ccc(-c2c(P(c3ccccc3)(c3ccccc3)(c3ccccc3)c3ccccc3)ccc(O)c2-c2ccccc2)cc1.Oc1ccccc1. The number of hydrogen-bond donors (Lipinski definition) is 3. The summed E-state index contributed by atoms with van der Waals surface area (Å²) in [4.78, 5) is 0. The summed E-state index contributed by atoms with van der Waals surface area (Å²) in [6.45, 7) is -3.88. The maximum absolute atomic E-state index is 11.8. The first-order chi connectivity index (χ1) is 25.5. The van der Waals surface area contributed by atoms with E-state index in [4.69, 9.17) is 5.11 Å². The maximum atomic E-state index is 11.8. The average molecular weight is 695 g/mol. The molecule has 8 aromatic carbocycles. The molecule has 8 rings (SSSR count). The van der Waals surface area contributed by atoms with Crippen molar-refractivity contribution in [3.63, 3.8) is 0 Å². The van der Waals surface area contributed by atoms with Crippen LogP contribution >= 0.6 is 6.60 Å². The fraction of sp³-hybridized carbons (Fsp3) is 0. The molecule has 0 bridgehead atoms. The molecule has 0 saturated carbocycles. The van der Waals surface area contributed by atoms with Crippen LogP contribution in [-0.2, 0) is 0 Å². The molecule has 0 saturated heterocycles. The molecule has 52 heavy (non-hydrogen) atoms. The Morgan fingerprint density at radius 2 is 0.596 bits per heavy atom. The van der Waals surface area contributed by atoms with Gasteiger partial charge in [-0.3, -0.25) is 0 Å². The zero-order valence-electron chi connectivity index (χ0n) is 28.6. The number of aromatic hydroxyl groups is 3. The summed E-state index contributed by atoms with van der Waals surface area (Å²) in [7, 11) is 0. The monoisotopic (exact) mass is 694 g/mol. The standard InChI is InChI=1S/C42H33O2P.C6H6O/c43-34-28-26-33(27-29-34)42-40(31-30-39(44)41(42)32-16-6-1-7-17-32)45(35-18-8-2-9-19-35,36-20-10-3-11-21-36,37-22-12-4-13-23-37)38-24-14-5-15-25-38;7-6-4-2-1-3-5-6/h1-31,43-44H;1-5,7H. The van der Waals surface area contributed by atoms with Crippen LogP contribution in [0.25, 0.3) is 22.3 Å². The summed E-state index contributed by atoms with van der Waals surface area (Å²) >= 11 is 0. The minimum absolute atomic E-state index is 0.191. The van der Waals surface area contributed by atoms with Gasteiger partial charge in [0.15, 0.2) is 0 Å². The van der Waals surface area contributed by atoms with Crippen molar-refractivity contribution in [2.75, 3.05) is 0 Å². The molecule has 254 valence electrons. The van der Waals surface area contributed by atoms with Crippen LogP contribution in [0.4, 0.5) is 0 Å². The van der Waals surface area contributed by atoms with Gasteiger partial charge in [0.05, 0.1) is 0 Å². The fourth-order valence-corrected chi connectivity index (χ4v) is 14.6. The quantitative estimate of drug-likeness (QED) is 0.146. The summed E-state index contributed by atoms with van der Waals surface area (Å²) in [5.41, 5.74) is 3.51. The molecule has 3 N–H and O–H groups in total. The molecular weight excluding hydrogens is 655 g/mol. The van der Waals surface area contributed by atoms with Crippen LogP contribution in [0.5, 0.6) is 17.2 Å². The van der Waals surface area contributed by atoms with E-state index < -0.39 is 6.60 Å². The molecular formula is C48H39O3P. The Morgan fingerprint density at radius 1 is 0.269 bits per heavy atom. The largest absolute Gasteiger partial charge is 0.508 e. The average Bonchev–Trinajstić information content (AvgIpc) is 3.22. The van der Waals surface area contributed by atoms with Gasteiger partial charge in [0.2, 0.25) is 0 Å². The number of rotatable bonds is 7. The molecule has 3 nitrogen and oxygen atoms in total. The van der Waals surface area contributed by atoms with E-state index in [-0.39, 0.29) is 11.5 Å². The zero-order chi connectivity index (χ0) is 35.8. The minimum Gasteiger partial charge on any atom is -0.508 e. The maximum Gasteiger partial charge on any atom is 0.115 e. The van der Waals surface area contributed by atoms with Crippen LogP contribution < -0.4 is 26.5 Å². The third kappa shape index (κ3) is 5.82. The molecule has 0 heterocycles. The predicted octanol–water partition coefficient (Wildman–Crippen LogP) is 9.30. The van der Waals surface area contributed by atoms with E-state index in [0.717, 1.165) is 27.6 Å². The number of benzene rings is 8. The smallest absolute Gasteiger partial charge is 0.115 e. The van der Waals surface area contributed by atoms with E-state index in [0.29, 0.717) is 5.75 Å². The van der Waals surface area contributed by atoms with Crippen molar-refractivity contribution in [1.82, 2.24) is 0 Å². The zero-order valence-corrected chi connectivity index (χ0v) is 29.5. The van der Waals surface area contributed by atoms with Gasteiger partial charge < -0.3 is 5.11 Å². The first-order valence-electron chi connectivity index (χ1n) is 17.2. The molecule has 0 aliphatic rings. The summed E-state index contributed by atoms with van der Waals surface area (Å²) in [6.07, 6.45) is 0. The van der Waals surface area contributed by atoms with Gasteiger partial charge in [0, 0.05) is 0 Å². The Balaban J connectivity index is 0.000000539. The van der Waals surface area contributed by atoms with E-state index in [1.54, 1.807) is 36.4 Å². The van der Waals surface area contributed by atoms with Gasteiger partial charge in [-0.2, -0.15) is 0 Å². The van der Waals surface area contributed by atoms with Crippen molar-refractivity contribution >= 4 is 33.1 Å². The number of para-hydroxylation sites is 1. The van der Waals surface area contributed by atoms with Gasteiger partial charge >= 0.3 is 265 Å². The van der Waals surface area contributed by atoms with Crippen LogP contribution in [0.15, 0.2) is 218 Å². The van der Waals surface area contributed by atoms with Gasteiger partial charge in [-0.25, -0.2) is 0 Å². The van der Waals surface area contributed by atoms with Crippen LogP contribution in [0, 0.1) is 0 Å². The summed E-state index contributed by atoms with van der Waals surface area (Å²) in [5.74, 6) is 0.714. The molecule has 0 unspecified atom stereocenters. The molecule has 0 spiro atoms. The van der Waals surface area contributed by atoms with Gasteiger partial charge in [-0.15, -0.1) is 0 Å². The van der Waals surface area contributed by atoms with Crippen LogP contribution in [0.2, 0.25) is 0 Å². The Bertz CT molecular complexity index is 2180. The second kappa shape index (κ2) is 14.8. The second-order valence-corrected chi connectivity index (χ2v) is 17.3. The van der Waals surface area contributed by atoms with Gasteiger partial charge in [-0.1, -0.05) is 18.2 Å². The van der Waals surface area contributed by atoms with E-state index in [1.807, 2.05) is 54.6 Å². The van der Waals surface area contributed by atoms with Crippen LogP contribution in [0.1, 0.15) is 0 Å². The Labute approximate surface area is 305 Å². The fourth-order valence-electron chi connectivity index (χ4n) is 7.55. The molecule has 0 fully saturated rings. The molecule has 0 amide bonds. The van der Waals surface area contributed by atoms with Crippen molar-refractivity contribution in [2.24, 2.45) is 0 Å². The van der Waals surface area contributed by atoms with Crippen LogP contribution in [0.3, 0.4) is 0 Å². The number of phenols is 3. The third-order valence-electron chi connectivity index (χ3n) is 9.71. The molecule has 0 radical (unpaired) electrons. The Hall–Kier alpha value is -6.41. The number of hydrogen-bond acceptors (Lipinski definition) is 3. The number of phenolic OH excluding ortho intramolecular Hbond substituents is 3. The van der Waals surface area contributed by atoms with E-state index in [1.165, 1.54) is 21.2 Å². The van der Waals surface area contributed by atoms with Gasteiger partial charge in [0.1, 0.15) is 5.75 Å². The second-order valence-electron chi connectivity index (χ2n) is 12.6. The van der Waals surface area contributed by atoms with Crippen LogP contribution in [-0.4, -0.2) is 15.3 Å². The van der Waals surface area contributed by atoms with Crippen molar-refractivity contribution in [3.05, 3.63) is 218 Å².